The van der Waals surface area contributed by atoms with E-state index < -0.39 is 15.8 Å². The summed E-state index contributed by atoms with van der Waals surface area (Å²) in [4.78, 5) is 11.8. The number of nitrogens with one attached hydrogen (secondary N) is 1. The van der Waals surface area contributed by atoms with E-state index in [-0.39, 0.29) is 27.5 Å². The summed E-state index contributed by atoms with van der Waals surface area (Å²) in [7, 11) is -3.40. The molecule has 0 aliphatic carbocycles. The van der Waals surface area contributed by atoms with Crippen molar-refractivity contribution in [1.82, 2.24) is 5.32 Å². The molecule has 0 saturated heterocycles. The average molecular weight is 506 g/mol. The maximum Gasteiger partial charge on any atom is 0.341 e. The summed E-state index contributed by atoms with van der Waals surface area (Å²) in [5, 5.41) is 12.8. The van der Waals surface area contributed by atoms with Crippen LogP contribution in [0.25, 0.3) is 0 Å². The SMILES string of the molecule is Cc1cc(SC(C)CNCCCS(=O)(=O)c2ccc(Cl)c(Cl)c2)ccc1OCC(=O)O. The molecule has 1 atom stereocenters. The van der Waals surface area contributed by atoms with Gasteiger partial charge < -0.3 is 15.2 Å². The van der Waals surface area contributed by atoms with Crippen molar-refractivity contribution in [2.45, 2.75) is 35.3 Å². The lowest BCUT2D eigenvalue weighted by Gasteiger charge is -2.14. The number of carboxylic acid groups (broad SMARTS) is 1. The Morgan fingerprint density at radius 1 is 1.19 bits per heavy atom. The van der Waals surface area contributed by atoms with E-state index in [9.17, 15) is 13.2 Å². The molecule has 2 N–H and O–H groups in total. The van der Waals surface area contributed by atoms with Gasteiger partial charge in [-0.1, -0.05) is 30.1 Å². The molecule has 0 spiro atoms. The maximum absolute atomic E-state index is 12.4. The van der Waals surface area contributed by atoms with Gasteiger partial charge in [0.1, 0.15) is 5.75 Å². The third-order valence-corrected chi connectivity index (χ3v) is 7.92. The largest absolute Gasteiger partial charge is 0.482 e. The number of carboxylic acids is 1. The third kappa shape index (κ3) is 8.54. The number of aryl methyl sites for hydroxylation is 1. The highest BCUT2D eigenvalue weighted by atomic mass is 35.5. The minimum atomic E-state index is -3.40. The Morgan fingerprint density at radius 2 is 1.94 bits per heavy atom. The summed E-state index contributed by atoms with van der Waals surface area (Å²) in [6.07, 6.45) is 0.481. The minimum Gasteiger partial charge on any atom is -0.482 e. The molecule has 1 unspecified atom stereocenters. The molecule has 0 aliphatic heterocycles. The Balaban J connectivity index is 1.74. The Hall–Kier alpha value is -1.45. The second-order valence-electron chi connectivity index (χ2n) is 6.99. The van der Waals surface area contributed by atoms with Crippen LogP contribution >= 0.6 is 35.0 Å². The summed E-state index contributed by atoms with van der Waals surface area (Å²) < 4.78 is 30.0. The van der Waals surface area contributed by atoms with Gasteiger partial charge in [-0.2, -0.15) is 0 Å². The van der Waals surface area contributed by atoms with Gasteiger partial charge in [0.2, 0.25) is 0 Å². The number of aliphatic carboxylic acids is 1. The standard InChI is InChI=1S/C21H25Cl2NO5S2/c1-14-10-16(4-7-20(14)29-13-21(25)26)30-15(2)12-24-8-3-9-31(27,28)17-5-6-18(22)19(23)11-17/h4-7,10-11,15,24H,3,8-9,12-13H2,1-2H3,(H,25,26). The van der Waals surface area contributed by atoms with Gasteiger partial charge in [-0.05, 0) is 61.9 Å². The lowest BCUT2D eigenvalue weighted by atomic mass is 10.2. The smallest absolute Gasteiger partial charge is 0.341 e. The monoisotopic (exact) mass is 505 g/mol. The zero-order valence-electron chi connectivity index (χ0n) is 17.2. The van der Waals surface area contributed by atoms with Crippen LogP contribution in [0.1, 0.15) is 18.9 Å². The molecule has 0 heterocycles. The molecule has 0 aliphatic rings. The first kappa shape index (κ1) is 25.8. The molecule has 0 saturated carbocycles. The Morgan fingerprint density at radius 3 is 2.58 bits per heavy atom. The van der Waals surface area contributed by atoms with Crippen molar-refractivity contribution in [2.24, 2.45) is 0 Å². The zero-order chi connectivity index (χ0) is 23.0. The fourth-order valence-electron chi connectivity index (χ4n) is 2.75. The second-order valence-corrected chi connectivity index (χ2v) is 11.4. The molecule has 2 aromatic rings. The maximum atomic E-state index is 12.4. The molecular formula is C21H25Cl2NO5S2. The fourth-order valence-corrected chi connectivity index (χ4v) is 5.50. The number of sulfone groups is 1. The van der Waals surface area contributed by atoms with Gasteiger partial charge in [-0.25, -0.2) is 13.2 Å². The van der Waals surface area contributed by atoms with Crippen molar-refractivity contribution < 1.29 is 23.1 Å². The first-order valence-electron chi connectivity index (χ1n) is 9.59. The fraction of sp³-hybridized carbons (Fsp3) is 0.381. The average Bonchev–Trinajstić information content (AvgIpc) is 2.68. The van der Waals surface area contributed by atoms with Gasteiger partial charge in [-0.3, -0.25) is 0 Å². The van der Waals surface area contributed by atoms with Gasteiger partial charge in [0, 0.05) is 16.7 Å². The van der Waals surface area contributed by atoms with Crippen LogP contribution in [0.3, 0.4) is 0 Å². The lowest BCUT2D eigenvalue weighted by Crippen LogP contribution is -2.25. The van der Waals surface area contributed by atoms with E-state index in [0.29, 0.717) is 30.3 Å². The number of thioether (sulfide) groups is 1. The quantitative estimate of drug-likeness (QED) is 0.319. The highest BCUT2D eigenvalue weighted by Gasteiger charge is 2.15. The second kappa shape index (κ2) is 12.0. The van der Waals surface area contributed by atoms with Crippen LogP contribution in [0.4, 0.5) is 0 Å². The summed E-state index contributed by atoms with van der Waals surface area (Å²) in [5.74, 6) is -0.431. The summed E-state index contributed by atoms with van der Waals surface area (Å²) in [6.45, 7) is 4.88. The summed E-state index contributed by atoms with van der Waals surface area (Å²) in [5.41, 5.74) is 0.874. The molecule has 170 valence electrons. The molecule has 6 nitrogen and oxygen atoms in total. The van der Waals surface area contributed by atoms with E-state index in [4.69, 9.17) is 33.0 Å². The van der Waals surface area contributed by atoms with Crippen LogP contribution in [-0.2, 0) is 14.6 Å². The summed E-state index contributed by atoms with van der Waals surface area (Å²) >= 11 is 13.4. The highest BCUT2D eigenvalue weighted by Crippen LogP contribution is 2.28. The molecule has 0 radical (unpaired) electrons. The van der Waals surface area contributed by atoms with Gasteiger partial charge in [0.25, 0.3) is 0 Å². The molecule has 31 heavy (non-hydrogen) atoms. The number of rotatable bonds is 12. The zero-order valence-corrected chi connectivity index (χ0v) is 20.4. The first-order chi connectivity index (χ1) is 14.6. The number of halogens is 2. The van der Waals surface area contributed by atoms with Crippen LogP contribution in [0.2, 0.25) is 10.0 Å². The van der Waals surface area contributed by atoms with Crippen LogP contribution in [0.5, 0.6) is 5.75 Å². The van der Waals surface area contributed by atoms with Crippen molar-refractivity contribution in [3.8, 4) is 5.75 Å². The predicted octanol–water partition coefficient (Wildman–Crippen LogP) is 4.70. The first-order valence-corrected chi connectivity index (χ1v) is 12.9. The highest BCUT2D eigenvalue weighted by molar-refractivity contribution is 8.00. The molecular weight excluding hydrogens is 481 g/mol. The molecule has 0 bridgehead atoms. The normalized spacial score (nSPS) is 12.5. The summed E-state index contributed by atoms with van der Waals surface area (Å²) in [6, 6.07) is 9.97. The number of carbonyl (C=O) groups is 1. The molecule has 2 aromatic carbocycles. The van der Waals surface area contributed by atoms with E-state index in [1.165, 1.54) is 18.2 Å². The van der Waals surface area contributed by atoms with Crippen molar-refractivity contribution in [2.75, 3.05) is 25.4 Å². The topological polar surface area (TPSA) is 92.7 Å². The van der Waals surface area contributed by atoms with Crippen LogP contribution in [0, 0.1) is 6.92 Å². The lowest BCUT2D eigenvalue weighted by molar-refractivity contribution is -0.139. The van der Waals surface area contributed by atoms with Crippen molar-refractivity contribution in [3.63, 3.8) is 0 Å². The van der Waals surface area contributed by atoms with Gasteiger partial charge in [0.05, 0.1) is 20.7 Å². The number of hydrogen-bond donors (Lipinski definition) is 2. The van der Waals surface area contributed by atoms with Gasteiger partial charge in [0.15, 0.2) is 16.4 Å². The van der Waals surface area contributed by atoms with E-state index in [2.05, 4.69) is 12.2 Å². The Kier molecular flexibility index (Phi) is 9.96. The molecule has 2 rings (SSSR count). The predicted molar refractivity (Wildman–Crippen MR) is 126 cm³/mol. The molecule has 0 fully saturated rings. The minimum absolute atomic E-state index is 0.0243. The van der Waals surface area contributed by atoms with Crippen molar-refractivity contribution in [1.29, 1.82) is 0 Å². The Labute approximate surface area is 197 Å². The van der Waals surface area contributed by atoms with E-state index in [0.717, 1.165) is 10.5 Å². The molecule has 10 heteroatoms. The van der Waals surface area contributed by atoms with Crippen molar-refractivity contribution >= 4 is 50.8 Å². The number of hydrogen-bond acceptors (Lipinski definition) is 6. The van der Waals surface area contributed by atoms with Crippen LogP contribution in [-0.4, -0.2) is 50.2 Å². The van der Waals surface area contributed by atoms with E-state index in [1.807, 2.05) is 19.1 Å². The van der Waals surface area contributed by atoms with E-state index >= 15 is 0 Å². The number of benzene rings is 2. The van der Waals surface area contributed by atoms with E-state index in [1.54, 1.807) is 17.8 Å². The van der Waals surface area contributed by atoms with Crippen LogP contribution < -0.4 is 10.1 Å². The van der Waals surface area contributed by atoms with Crippen LogP contribution in [0.15, 0.2) is 46.2 Å². The van der Waals surface area contributed by atoms with Crippen molar-refractivity contribution in [3.05, 3.63) is 52.0 Å². The molecule has 0 aromatic heterocycles. The number of ether oxygens (including phenoxy) is 1. The third-order valence-electron chi connectivity index (χ3n) is 4.28. The molecule has 0 amide bonds. The Bertz CT molecular complexity index is 1010. The van der Waals surface area contributed by atoms with Gasteiger partial charge >= 0.3 is 5.97 Å². The van der Waals surface area contributed by atoms with Gasteiger partial charge in [-0.15, -0.1) is 11.8 Å².